The van der Waals surface area contributed by atoms with Crippen LogP contribution in [0.1, 0.15) is 20.3 Å². The van der Waals surface area contributed by atoms with Gasteiger partial charge in [0.2, 0.25) is 18.2 Å². The maximum absolute atomic E-state index is 12.0. The van der Waals surface area contributed by atoms with E-state index in [0.29, 0.717) is 58.0 Å². The summed E-state index contributed by atoms with van der Waals surface area (Å²) in [6, 6.07) is -0.707. The Morgan fingerprint density at radius 3 is 2.21 bits per heavy atom. The van der Waals surface area contributed by atoms with E-state index >= 15 is 0 Å². The Bertz CT molecular complexity index is 628. The van der Waals surface area contributed by atoms with Crippen molar-refractivity contribution in [2.24, 2.45) is 21.9 Å². The molecule has 188 valence electrons. The highest BCUT2D eigenvalue weighted by Crippen LogP contribution is 2.02. The van der Waals surface area contributed by atoms with Gasteiger partial charge in [0, 0.05) is 12.6 Å². The first-order chi connectivity index (χ1) is 16.0. The normalized spacial score (nSPS) is 12.5. The van der Waals surface area contributed by atoms with Gasteiger partial charge in [-0.3, -0.25) is 19.4 Å². The Morgan fingerprint density at radius 1 is 1.00 bits per heavy atom. The molecule has 0 saturated carbocycles. The van der Waals surface area contributed by atoms with Crippen LogP contribution in [0, 0.1) is 5.92 Å². The molecule has 1 unspecified atom stereocenters. The lowest BCUT2D eigenvalue weighted by Crippen LogP contribution is -2.50. The van der Waals surface area contributed by atoms with Gasteiger partial charge >= 0.3 is 0 Å². The Hall–Kier alpha value is -2.90. The molecule has 1 atom stereocenters. The number of nitrogens with zero attached hydrogens (tertiary/aromatic N) is 2. The van der Waals surface area contributed by atoms with E-state index in [9.17, 15) is 19.2 Å². The fraction of sp³-hybridized carbons (Fsp3) is 0.700. The topological polar surface area (TPSA) is 183 Å². The standard InChI is InChI=1S/C20H36N6O7/c1-16(2)19(20(30)24-4-6-27)25-18(29)3-7-31-9-11-33-12-10-32-8-5-22-13-17(26-21)14-23-15-28/h6,13,15-16,19H,3-5,7-12,14,21H2,1-2H3,(H,23,28)(H,24,30)(H,25,29)/b22-13?,26-17+. The van der Waals surface area contributed by atoms with Crippen LogP contribution in [-0.2, 0) is 33.4 Å². The zero-order chi connectivity index (χ0) is 24.7. The molecule has 13 nitrogen and oxygen atoms in total. The summed E-state index contributed by atoms with van der Waals surface area (Å²) in [4.78, 5) is 48.6. The van der Waals surface area contributed by atoms with Crippen LogP contribution in [-0.4, -0.2) is 102 Å². The maximum atomic E-state index is 12.0. The van der Waals surface area contributed by atoms with Crippen LogP contribution in [0.4, 0.5) is 0 Å². The number of aldehydes is 1. The minimum absolute atomic E-state index is 0.0910. The van der Waals surface area contributed by atoms with E-state index in [1.165, 1.54) is 6.21 Å². The fourth-order valence-corrected chi connectivity index (χ4v) is 2.30. The zero-order valence-corrected chi connectivity index (χ0v) is 19.3. The number of nitrogens with two attached hydrogens (primary N) is 1. The monoisotopic (exact) mass is 472 g/mol. The lowest BCUT2D eigenvalue weighted by Gasteiger charge is -2.21. The molecule has 0 rings (SSSR count). The molecule has 0 saturated heterocycles. The smallest absolute Gasteiger partial charge is 0.243 e. The van der Waals surface area contributed by atoms with Gasteiger partial charge in [0.05, 0.1) is 65.0 Å². The summed E-state index contributed by atoms with van der Waals surface area (Å²) in [5.41, 5.74) is 0.447. The molecule has 13 heteroatoms. The molecule has 33 heavy (non-hydrogen) atoms. The predicted octanol–water partition coefficient (Wildman–Crippen LogP) is -1.99. The molecule has 0 aliphatic heterocycles. The van der Waals surface area contributed by atoms with Crippen LogP contribution in [0.25, 0.3) is 0 Å². The summed E-state index contributed by atoms with van der Waals surface area (Å²) in [6.45, 7) is 6.19. The van der Waals surface area contributed by atoms with Gasteiger partial charge in [-0.25, -0.2) is 0 Å². The van der Waals surface area contributed by atoms with Crippen molar-refractivity contribution in [3.05, 3.63) is 0 Å². The number of nitrogens with one attached hydrogen (secondary N) is 3. The van der Waals surface area contributed by atoms with Crippen LogP contribution in [0.5, 0.6) is 0 Å². The van der Waals surface area contributed by atoms with Gasteiger partial charge in [-0.1, -0.05) is 13.8 Å². The van der Waals surface area contributed by atoms with E-state index in [0.717, 1.165) is 0 Å². The van der Waals surface area contributed by atoms with E-state index < -0.39 is 11.9 Å². The van der Waals surface area contributed by atoms with Crippen molar-refractivity contribution in [2.75, 3.05) is 59.3 Å². The summed E-state index contributed by atoms with van der Waals surface area (Å²) in [5.74, 6) is 4.34. The number of carbonyl (C=O) groups excluding carboxylic acids is 4. The van der Waals surface area contributed by atoms with Crippen LogP contribution in [0.2, 0.25) is 0 Å². The van der Waals surface area contributed by atoms with E-state index in [4.69, 9.17) is 20.1 Å². The van der Waals surface area contributed by atoms with Gasteiger partial charge in [-0.15, -0.1) is 0 Å². The summed E-state index contributed by atoms with van der Waals surface area (Å²) < 4.78 is 16.1. The first kappa shape index (κ1) is 30.1. The Kier molecular flexibility index (Phi) is 19.1. The first-order valence-electron chi connectivity index (χ1n) is 10.6. The molecule has 5 N–H and O–H groups in total. The first-order valence-corrected chi connectivity index (χ1v) is 10.6. The van der Waals surface area contributed by atoms with E-state index in [1.54, 1.807) is 13.8 Å². The van der Waals surface area contributed by atoms with Gasteiger partial charge < -0.3 is 40.8 Å². The van der Waals surface area contributed by atoms with Crippen molar-refractivity contribution < 1.29 is 33.4 Å². The average Bonchev–Trinajstić information content (AvgIpc) is 2.80. The number of hydrogen-bond donors (Lipinski definition) is 4. The third-order valence-electron chi connectivity index (χ3n) is 3.98. The zero-order valence-electron chi connectivity index (χ0n) is 19.3. The molecule has 3 amide bonds. The van der Waals surface area contributed by atoms with Crippen molar-refractivity contribution in [3.8, 4) is 0 Å². The summed E-state index contributed by atoms with van der Waals surface area (Å²) in [6.07, 6.45) is 2.71. The molecule has 0 bridgehead atoms. The van der Waals surface area contributed by atoms with Crippen molar-refractivity contribution in [1.29, 1.82) is 0 Å². The van der Waals surface area contributed by atoms with Crippen molar-refractivity contribution in [1.82, 2.24) is 16.0 Å². The molecule has 0 radical (unpaired) electrons. The maximum Gasteiger partial charge on any atom is 0.243 e. The van der Waals surface area contributed by atoms with Gasteiger partial charge in [0.1, 0.15) is 12.3 Å². The lowest BCUT2D eigenvalue weighted by atomic mass is 10.0. The van der Waals surface area contributed by atoms with Gasteiger partial charge in [-0.05, 0) is 5.92 Å². The minimum Gasteiger partial charge on any atom is -0.379 e. The fourth-order valence-electron chi connectivity index (χ4n) is 2.30. The van der Waals surface area contributed by atoms with Gasteiger partial charge in [-0.2, -0.15) is 5.10 Å². The molecule has 0 aliphatic carbocycles. The highest BCUT2D eigenvalue weighted by Gasteiger charge is 2.23. The predicted molar refractivity (Wildman–Crippen MR) is 122 cm³/mol. The third-order valence-corrected chi connectivity index (χ3v) is 3.98. The molecule has 0 aromatic heterocycles. The number of hydrazone groups is 1. The Balaban J connectivity index is 3.70. The van der Waals surface area contributed by atoms with Crippen LogP contribution in [0.3, 0.4) is 0 Å². The van der Waals surface area contributed by atoms with E-state index in [-0.39, 0.29) is 37.9 Å². The number of rotatable bonds is 21. The third kappa shape index (κ3) is 17.3. The second-order valence-electron chi connectivity index (χ2n) is 6.94. The van der Waals surface area contributed by atoms with Crippen molar-refractivity contribution in [3.63, 3.8) is 0 Å². The number of aliphatic imine (C=N–C) groups is 1. The summed E-state index contributed by atoms with van der Waals surface area (Å²) in [5, 5.41) is 11.0. The van der Waals surface area contributed by atoms with Crippen molar-refractivity contribution >= 4 is 36.4 Å². The SMILES string of the molecule is CC(C)C(NC(=O)CCOCCOCCOCCN=C/C(CNC=O)=N\N)C(=O)NCC=O. The second kappa shape index (κ2) is 21.0. The molecule has 0 heterocycles. The summed E-state index contributed by atoms with van der Waals surface area (Å²) in [7, 11) is 0. The number of ether oxygens (including phenoxy) is 3. The van der Waals surface area contributed by atoms with Crippen LogP contribution < -0.4 is 21.8 Å². The quantitative estimate of drug-likeness (QED) is 0.0487. The van der Waals surface area contributed by atoms with Crippen LogP contribution in [0.15, 0.2) is 10.1 Å². The highest BCUT2D eigenvalue weighted by atomic mass is 16.5. The molecule has 0 aromatic carbocycles. The number of carbonyl (C=O) groups is 4. The molecule has 0 fully saturated rings. The molecular weight excluding hydrogens is 436 g/mol. The minimum atomic E-state index is -0.707. The second-order valence-corrected chi connectivity index (χ2v) is 6.94. The van der Waals surface area contributed by atoms with E-state index in [2.05, 4.69) is 26.0 Å². The van der Waals surface area contributed by atoms with Crippen LogP contribution >= 0.6 is 0 Å². The Labute approximate surface area is 193 Å². The van der Waals surface area contributed by atoms with Crippen molar-refractivity contribution in [2.45, 2.75) is 26.3 Å². The highest BCUT2D eigenvalue weighted by molar-refractivity contribution is 6.31. The molecule has 0 spiro atoms. The van der Waals surface area contributed by atoms with Gasteiger partial charge in [0.25, 0.3) is 0 Å². The molecule has 0 aromatic rings. The average molecular weight is 473 g/mol. The molecular formula is C20H36N6O7. The number of hydrogen-bond acceptors (Lipinski definition) is 10. The van der Waals surface area contributed by atoms with Gasteiger partial charge in [0.15, 0.2) is 0 Å². The molecule has 0 aliphatic rings. The largest absolute Gasteiger partial charge is 0.379 e. The lowest BCUT2D eigenvalue weighted by molar-refractivity contribution is -0.131. The number of amides is 3. The summed E-state index contributed by atoms with van der Waals surface area (Å²) >= 11 is 0. The van der Waals surface area contributed by atoms with E-state index in [1.807, 2.05) is 0 Å². The Morgan fingerprint density at radius 2 is 1.64 bits per heavy atom.